The molecule has 8 heteroatoms. The topological polar surface area (TPSA) is 66.5 Å². The molecule has 1 saturated heterocycles. The van der Waals surface area contributed by atoms with Crippen LogP contribution in [0.1, 0.15) is 6.42 Å². The van der Waals surface area contributed by atoms with E-state index in [0.29, 0.717) is 18.7 Å². The maximum absolute atomic E-state index is 13.3. The number of hydrogen-bond donors (Lipinski definition) is 1. The van der Waals surface area contributed by atoms with Gasteiger partial charge >= 0.3 is 0 Å². The third kappa shape index (κ3) is 3.23. The van der Waals surface area contributed by atoms with Crippen LogP contribution in [0.4, 0.5) is 10.1 Å². The molecular formula is C11H12ClFN2O3S. The maximum atomic E-state index is 13.3. The predicted octanol–water partition coefficient (Wildman–Crippen LogP) is 1.13. The molecule has 0 aromatic heterocycles. The Labute approximate surface area is 115 Å². The Balaban J connectivity index is 2.20. The van der Waals surface area contributed by atoms with Gasteiger partial charge in [-0.25, -0.2) is 17.5 Å². The lowest BCUT2D eigenvalue weighted by molar-refractivity contribution is -0.118. The summed E-state index contributed by atoms with van der Waals surface area (Å²) in [6, 6.07) is 3.24. The van der Waals surface area contributed by atoms with Gasteiger partial charge in [0.2, 0.25) is 15.9 Å². The molecule has 2 rings (SSSR count). The van der Waals surface area contributed by atoms with E-state index < -0.39 is 27.8 Å². The lowest BCUT2D eigenvalue weighted by Gasteiger charge is -2.17. The molecule has 1 aliphatic rings. The fourth-order valence-corrected chi connectivity index (χ4v) is 2.81. The fourth-order valence-electron chi connectivity index (χ4n) is 1.96. The summed E-state index contributed by atoms with van der Waals surface area (Å²) in [5, 5.41) is -0.0267. The van der Waals surface area contributed by atoms with Crippen LogP contribution in [-0.4, -0.2) is 33.2 Å². The third-order valence-corrected chi connectivity index (χ3v) is 3.80. The number of nitrogens with zero attached hydrogens (tertiary/aromatic N) is 1. The van der Waals surface area contributed by atoms with E-state index in [1.54, 1.807) is 0 Å². The van der Waals surface area contributed by atoms with Crippen molar-refractivity contribution in [3.63, 3.8) is 0 Å². The van der Waals surface area contributed by atoms with E-state index in [1.165, 1.54) is 17.0 Å². The van der Waals surface area contributed by atoms with Crippen molar-refractivity contribution in [2.24, 2.45) is 0 Å². The fraction of sp³-hybridized carbons (Fsp3) is 0.364. The first-order valence-electron chi connectivity index (χ1n) is 5.51. The number of hydrogen-bond acceptors (Lipinski definition) is 3. The second-order valence-electron chi connectivity index (χ2n) is 4.32. The summed E-state index contributed by atoms with van der Waals surface area (Å²) in [4.78, 5) is 13.4. The molecule has 1 aromatic rings. The summed E-state index contributed by atoms with van der Waals surface area (Å²) < 4.78 is 37.8. The summed E-state index contributed by atoms with van der Waals surface area (Å²) in [6.45, 7) is 0.326. The van der Waals surface area contributed by atoms with Crippen LogP contribution in [0, 0.1) is 5.82 Å². The van der Waals surface area contributed by atoms with Crippen LogP contribution in [0.2, 0.25) is 5.02 Å². The van der Waals surface area contributed by atoms with E-state index in [4.69, 9.17) is 11.6 Å². The van der Waals surface area contributed by atoms with Gasteiger partial charge in [-0.1, -0.05) is 11.6 Å². The molecule has 5 nitrogen and oxygen atoms in total. The van der Waals surface area contributed by atoms with E-state index in [0.717, 1.165) is 12.3 Å². The minimum atomic E-state index is -3.45. The van der Waals surface area contributed by atoms with Gasteiger partial charge in [-0.3, -0.25) is 4.79 Å². The minimum Gasteiger partial charge on any atom is -0.311 e. The average molecular weight is 307 g/mol. The molecule has 0 radical (unpaired) electrons. The molecule has 0 spiro atoms. The van der Waals surface area contributed by atoms with Crippen molar-refractivity contribution in [2.45, 2.75) is 12.5 Å². The number of carbonyl (C=O) groups excluding carboxylic acids is 1. The minimum absolute atomic E-state index is 0.0267. The highest BCUT2D eigenvalue weighted by Crippen LogP contribution is 2.25. The second kappa shape index (κ2) is 5.07. The Morgan fingerprint density at radius 1 is 1.47 bits per heavy atom. The van der Waals surface area contributed by atoms with Crippen molar-refractivity contribution in [3.8, 4) is 0 Å². The molecular weight excluding hydrogens is 295 g/mol. The molecule has 1 amide bonds. The summed E-state index contributed by atoms with van der Waals surface area (Å²) in [5.74, 6) is -1.02. The lowest BCUT2D eigenvalue weighted by atomic mass is 10.3. The highest BCUT2D eigenvalue weighted by Gasteiger charge is 2.34. The third-order valence-electron chi connectivity index (χ3n) is 2.78. The van der Waals surface area contributed by atoms with Gasteiger partial charge in [-0.2, -0.15) is 0 Å². The van der Waals surface area contributed by atoms with Crippen molar-refractivity contribution >= 4 is 33.2 Å². The Bertz CT molecular complexity index is 620. The number of benzene rings is 1. The molecule has 104 valence electrons. The zero-order valence-corrected chi connectivity index (χ0v) is 11.6. The summed E-state index contributed by atoms with van der Waals surface area (Å²) in [5.41, 5.74) is 0.365. The number of anilines is 1. The van der Waals surface area contributed by atoms with Crippen LogP contribution < -0.4 is 9.62 Å². The molecule has 0 aliphatic carbocycles. The molecule has 1 aromatic carbocycles. The quantitative estimate of drug-likeness (QED) is 0.910. The molecule has 1 aliphatic heterocycles. The van der Waals surface area contributed by atoms with Crippen LogP contribution in [0.25, 0.3) is 0 Å². The van der Waals surface area contributed by atoms with Gasteiger partial charge in [0.15, 0.2) is 0 Å². The van der Waals surface area contributed by atoms with Gasteiger partial charge < -0.3 is 4.90 Å². The van der Waals surface area contributed by atoms with Crippen molar-refractivity contribution in [2.75, 3.05) is 17.7 Å². The van der Waals surface area contributed by atoms with Crippen molar-refractivity contribution in [1.82, 2.24) is 4.72 Å². The SMILES string of the molecule is CS(=O)(=O)N[C@H]1CCN(c2ccc(Cl)c(F)c2)C1=O. The van der Waals surface area contributed by atoms with Gasteiger partial charge in [0.25, 0.3) is 0 Å². The molecule has 0 unspecified atom stereocenters. The Morgan fingerprint density at radius 2 is 2.16 bits per heavy atom. The lowest BCUT2D eigenvalue weighted by Crippen LogP contribution is -2.41. The number of halogens is 2. The molecule has 0 bridgehead atoms. The first kappa shape index (κ1) is 14.2. The summed E-state index contributed by atoms with van der Waals surface area (Å²) in [6.07, 6.45) is 1.33. The van der Waals surface area contributed by atoms with E-state index >= 15 is 0 Å². The maximum Gasteiger partial charge on any atom is 0.245 e. The monoisotopic (exact) mass is 306 g/mol. The number of carbonyl (C=O) groups is 1. The van der Waals surface area contributed by atoms with Gasteiger partial charge in [-0.15, -0.1) is 0 Å². The van der Waals surface area contributed by atoms with E-state index in [9.17, 15) is 17.6 Å². The van der Waals surface area contributed by atoms with Gasteiger partial charge in [-0.05, 0) is 24.6 Å². The summed E-state index contributed by atoms with van der Waals surface area (Å²) >= 11 is 5.57. The van der Waals surface area contributed by atoms with Crippen LogP contribution in [0.15, 0.2) is 18.2 Å². The molecule has 19 heavy (non-hydrogen) atoms. The normalized spacial score (nSPS) is 20.1. The smallest absolute Gasteiger partial charge is 0.245 e. The number of sulfonamides is 1. The Morgan fingerprint density at radius 3 is 2.74 bits per heavy atom. The van der Waals surface area contributed by atoms with Crippen LogP contribution in [-0.2, 0) is 14.8 Å². The number of amides is 1. The van der Waals surface area contributed by atoms with Crippen molar-refractivity contribution < 1.29 is 17.6 Å². The van der Waals surface area contributed by atoms with Crippen LogP contribution in [0.3, 0.4) is 0 Å². The highest BCUT2D eigenvalue weighted by atomic mass is 35.5. The van der Waals surface area contributed by atoms with Crippen LogP contribution in [0.5, 0.6) is 0 Å². The second-order valence-corrected chi connectivity index (χ2v) is 6.51. The van der Waals surface area contributed by atoms with Crippen molar-refractivity contribution in [1.29, 1.82) is 0 Å². The van der Waals surface area contributed by atoms with Gasteiger partial charge in [0.05, 0.1) is 11.3 Å². The molecule has 1 fully saturated rings. The zero-order chi connectivity index (χ0) is 14.2. The molecule has 1 heterocycles. The molecule has 0 saturated carbocycles. The summed E-state index contributed by atoms with van der Waals surface area (Å²) in [7, 11) is -3.45. The molecule has 1 N–H and O–H groups in total. The first-order chi connectivity index (χ1) is 8.78. The Kier molecular flexibility index (Phi) is 3.80. The predicted molar refractivity (Wildman–Crippen MR) is 70.1 cm³/mol. The van der Waals surface area contributed by atoms with Crippen LogP contribution >= 0.6 is 11.6 Å². The van der Waals surface area contributed by atoms with Gasteiger partial charge in [0.1, 0.15) is 11.9 Å². The Hall–Kier alpha value is -1.18. The van der Waals surface area contributed by atoms with Gasteiger partial charge in [0, 0.05) is 12.2 Å². The number of nitrogens with one attached hydrogen (secondary N) is 1. The largest absolute Gasteiger partial charge is 0.311 e. The average Bonchev–Trinajstić information content (AvgIpc) is 2.63. The van der Waals surface area contributed by atoms with E-state index in [2.05, 4.69) is 4.72 Å². The standard InChI is InChI=1S/C11H12ClFN2O3S/c1-19(17,18)14-10-4-5-15(11(10)16)7-2-3-8(12)9(13)6-7/h2-3,6,10,14H,4-5H2,1H3/t10-/m0/s1. The van der Waals surface area contributed by atoms with E-state index in [-0.39, 0.29) is 5.02 Å². The highest BCUT2D eigenvalue weighted by molar-refractivity contribution is 7.88. The first-order valence-corrected chi connectivity index (χ1v) is 7.78. The number of rotatable bonds is 3. The van der Waals surface area contributed by atoms with E-state index in [1.807, 2.05) is 0 Å². The molecule has 1 atom stereocenters. The van der Waals surface area contributed by atoms with Crippen molar-refractivity contribution in [3.05, 3.63) is 29.0 Å². The zero-order valence-electron chi connectivity index (χ0n) is 10.1.